The highest BCUT2D eigenvalue weighted by Gasteiger charge is 1.97. The van der Waals surface area contributed by atoms with E-state index >= 15 is 0 Å². The van der Waals surface area contributed by atoms with Crippen LogP contribution < -0.4 is 0 Å². The Bertz CT molecular complexity index is 355. The monoisotopic (exact) mass is 135 g/mol. The molecule has 0 fully saturated rings. The van der Waals surface area contributed by atoms with Crippen LogP contribution in [0.2, 0.25) is 0 Å². The van der Waals surface area contributed by atoms with Crippen molar-refractivity contribution in [2.45, 2.75) is 0 Å². The molecule has 0 aliphatic heterocycles. The molecule has 0 spiro atoms. The van der Waals surface area contributed by atoms with Gasteiger partial charge in [-0.3, -0.25) is 4.98 Å². The second-order valence-corrected chi connectivity index (χ2v) is 1.95. The lowest BCUT2D eigenvalue weighted by molar-refractivity contribution is 0.198. The average Bonchev–Trinajstić information content (AvgIpc) is 2.34. The lowest BCUT2D eigenvalue weighted by Crippen LogP contribution is -1.84. The smallest absolute Gasteiger partial charge is 0.133 e. The Morgan fingerprint density at radius 1 is 1.50 bits per heavy atom. The highest BCUT2D eigenvalue weighted by Crippen LogP contribution is 2.06. The van der Waals surface area contributed by atoms with Crippen molar-refractivity contribution in [1.82, 2.24) is 14.7 Å². The van der Waals surface area contributed by atoms with Gasteiger partial charge in [0.25, 0.3) is 0 Å². The van der Waals surface area contributed by atoms with Crippen LogP contribution in [0, 0.1) is 0 Å². The third kappa shape index (κ3) is 0.556. The van der Waals surface area contributed by atoms with E-state index in [0.29, 0.717) is 11.0 Å². The normalized spacial score (nSPS) is 10.4. The second kappa shape index (κ2) is 1.70. The number of aromatic nitrogens is 3. The van der Waals surface area contributed by atoms with Crippen LogP contribution in [-0.2, 0) is 0 Å². The Labute approximate surface area is 56.7 Å². The molecular weight excluding hydrogens is 130 g/mol. The molecule has 0 aliphatic rings. The van der Waals surface area contributed by atoms with Gasteiger partial charge in [-0.15, -0.1) is 0 Å². The molecule has 4 nitrogen and oxygen atoms in total. The summed E-state index contributed by atoms with van der Waals surface area (Å²) in [6, 6.07) is 1.70. The standard InChI is InChI=1S/C6H5N3O/c10-9-4-8-5-3-7-2-1-6(5)9/h1-4,10H. The van der Waals surface area contributed by atoms with Crippen LogP contribution in [-0.4, -0.2) is 19.9 Å². The fourth-order valence-electron chi connectivity index (χ4n) is 0.851. The van der Waals surface area contributed by atoms with Crippen LogP contribution in [0.25, 0.3) is 11.0 Å². The van der Waals surface area contributed by atoms with Gasteiger partial charge in [0.1, 0.15) is 17.4 Å². The summed E-state index contributed by atoms with van der Waals surface area (Å²) in [6.07, 6.45) is 4.55. The molecule has 0 bridgehead atoms. The van der Waals surface area contributed by atoms with Gasteiger partial charge in [0, 0.05) is 6.20 Å². The number of hydrogen-bond acceptors (Lipinski definition) is 3. The predicted octanol–water partition coefficient (Wildman–Crippen LogP) is 0.669. The minimum Gasteiger partial charge on any atom is -0.427 e. The zero-order valence-electron chi connectivity index (χ0n) is 5.10. The van der Waals surface area contributed by atoms with E-state index in [2.05, 4.69) is 9.97 Å². The molecule has 0 aromatic carbocycles. The molecule has 0 saturated heterocycles. The Morgan fingerprint density at radius 3 is 3.20 bits per heavy atom. The fraction of sp³-hybridized carbons (Fsp3) is 0. The lowest BCUT2D eigenvalue weighted by atomic mass is 10.4. The van der Waals surface area contributed by atoms with Crippen molar-refractivity contribution in [3.8, 4) is 0 Å². The van der Waals surface area contributed by atoms with Crippen molar-refractivity contribution < 1.29 is 5.21 Å². The van der Waals surface area contributed by atoms with Crippen molar-refractivity contribution in [2.75, 3.05) is 0 Å². The molecule has 0 atom stereocenters. The zero-order chi connectivity index (χ0) is 6.97. The van der Waals surface area contributed by atoms with Gasteiger partial charge >= 0.3 is 0 Å². The first-order valence-electron chi connectivity index (χ1n) is 2.84. The number of hydrogen-bond donors (Lipinski definition) is 1. The minimum atomic E-state index is 0.676. The molecular formula is C6H5N3O. The van der Waals surface area contributed by atoms with E-state index < -0.39 is 0 Å². The summed E-state index contributed by atoms with van der Waals surface area (Å²) < 4.78 is 0.969. The molecule has 0 radical (unpaired) electrons. The van der Waals surface area contributed by atoms with Crippen molar-refractivity contribution in [3.05, 3.63) is 24.8 Å². The quantitative estimate of drug-likeness (QED) is 0.540. The van der Waals surface area contributed by atoms with E-state index in [4.69, 9.17) is 5.21 Å². The highest BCUT2D eigenvalue weighted by molar-refractivity contribution is 5.73. The maximum absolute atomic E-state index is 9.04. The van der Waals surface area contributed by atoms with Crippen LogP contribution in [0.15, 0.2) is 24.8 Å². The molecule has 4 heteroatoms. The van der Waals surface area contributed by atoms with Gasteiger partial charge in [0.2, 0.25) is 0 Å². The van der Waals surface area contributed by atoms with E-state index in [0.717, 1.165) is 4.73 Å². The molecule has 2 aromatic rings. The Balaban J connectivity index is 2.93. The van der Waals surface area contributed by atoms with Crippen LogP contribution >= 0.6 is 0 Å². The van der Waals surface area contributed by atoms with Crippen molar-refractivity contribution in [1.29, 1.82) is 0 Å². The van der Waals surface area contributed by atoms with E-state index in [1.165, 1.54) is 6.33 Å². The summed E-state index contributed by atoms with van der Waals surface area (Å²) in [6.45, 7) is 0. The topological polar surface area (TPSA) is 50.9 Å². The van der Waals surface area contributed by atoms with Crippen molar-refractivity contribution in [3.63, 3.8) is 0 Å². The van der Waals surface area contributed by atoms with Gasteiger partial charge < -0.3 is 5.21 Å². The molecule has 2 heterocycles. The third-order valence-electron chi connectivity index (χ3n) is 1.33. The van der Waals surface area contributed by atoms with Gasteiger partial charge in [-0.2, -0.15) is 4.73 Å². The summed E-state index contributed by atoms with van der Waals surface area (Å²) in [5.41, 5.74) is 1.38. The molecule has 10 heavy (non-hydrogen) atoms. The largest absolute Gasteiger partial charge is 0.427 e. The summed E-state index contributed by atoms with van der Waals surface area (Å²) in [5.74, 6) is 0. The highest BCUT2D eigenvalue weighted by atomic mass is 16.5. The summed E-state index contributed by atoms with van der Waals surface area (Å²) in [7, 11) is 0. The van der Waals surface area contributed by atoms with E-state index in [9.17, 15) is 0 Å². The van der Waals surface area contributed by atoms with Crippen LogP contribution in [0.4, 0.5) is 0 Å². The molecule has 2 aromatic heterocycles. The maximum Gasteiger partial charge on any atom is 0.133 e. The van der Waals surface area contributed by atoms with Gasteiger partial charge in [-0.1, -0.05) is 0 Å². The molecule has 50 valence electrons. The van der Waals surface area contributed by atoms with Gasteiger partial charge in [0.05, 0.1) is 6.20 Å². The third-order valence-corrected chi connectivity index (χ3v) is 1.33. The first kappa shape index (κ1) is 5.22. The summed E-state index contributed by atoms with van der Waals surface area (Å²) >= 11 is 0. The first-order chi connectivity index (χ1) is 4.88. The fourth-order valence-corrected chi connectivity index (χ4v) is 0.851. The van der Waals surface area contributed by atoms with E-state index in [-0.39, 0.29) is 0 Å². The van der Waals surface area contributed by atoms with Crippen LogP contribution in [0.3, 0.4) is 0 Å². The van der Waals surface area contributed by atoms with E-state index in [1.807, 2.05) is 0 Å². The lowest BCUT2D eigenvalue weighted by Gasteiger charge is -1.88. The second-order valence-electron chi connectivity index (χ2n) is 1.95. The minimum absolute atomic E-state index is 0.676. The Hall–Kier alpha value is -1.58. The molecule has 2 rings (SSSR count). The molecule has 0 aliphatic carbocycles. The van der Waals surface area contributed by atoms with Gasteiger partial charge in [-0.25, -0.2) is 4.98 Å². The first-order valence-corrected chi connectivity index (χ1v) is 2.84. The van der Waals surface area contributed by atoms with Gasteiger partial charge in [-0.05, 0) is 6.07 Å². The maximum atomic E-state index is 9.04. The number of rotatable bonds is 0. The number of fused-ring (bicyclic) bond motifs is 1. The van der Waals surface area contributed by atoms with Crippen molar-refractivity contribution in [2.24, 2.45) is 0 Å². The SMILES string of the molecule is On1cnc2cnccc21. The van der Waals surface area contributed by atoms with Crippen molar-refractivity contribution >= 4 is 11.0 Å². The molecule has 0 saturated carbocycles. The Morgan fingerprint density at radius 2 is 2.40 bits per heavy atom. The molecule has 1 N–H and O–H groups in total. The molecule has 0 unspecified atom stereocenters. The summed E-state index contributed by atoms with van der Waals surface area (Å²) in [5, 5.41) is 9.04. The average molecular weight is 135 g/mol. The van der Waals surface area contributed by atoms with E-state index in [1.54, 1.807) is 18.5 Å². The van der Waals surface area contributed by atoms with Gasteiger partial charge in [0.15, 0.2) is 0 Å². The summed E-state index contributed by atoms with van der Waals surface area (Å²) in [4.78, 5) is 7.71. The number of pyridine rings is 1. The Kier molecular flexibility index (Phi) is 0.887. The number of nitrogens with zero attached hydrogens (tertiary/aromatic N) is 3. The predicted molar refractivity (Wildman–Crippen MR) is 34.7 cm³/mol. The molecule has 0 amide bonds. The zero-order valence-corrected chi connectivity index (χ0v) is 5.10. The number of imidazole rings is 1. The van der Waals surface area contributed by atoms with Crippen LogP contribution in [0.1, 0.15) is 0 Å². The van der Waals surface area contributed by atoms with Crippen LogP contribution in [0.5, 0.6) is 0 Å².